The first-order valence-electron chi connectivity index (χ1n) is 12.9. The first-order valence-corrected chi connectivity index (χ1v) is 12.9. The van der Waals surface area contributed by atoms with Crippen LogP contribution in [0.25, 0.3) is 0 Å². The zero-order valence-electron chi connectivity index (χ0n) is 19.8. The van der Waals surface area contributed by atoms with E-state index in [4.69, 9.17) is 0 Å². The van der Waals surface area contributed by atoms with Crippen LogP contribution in [0.5, 0.6) is 0 Å². The van der Waals surface area contributed by atoms with Crippen molar-refractivity contribution in [3.8, 4) is 0 Å². The molecule has 1 N–H and O–H groups in total. The highest BCUT2D eigenvalue weighted by Crippen LogP contribution is 2.68. The van der Waals surface area contributed by atoms with Crippen molar-refractivity contribution in [2.75, 3.05) is 0 Å². The minimum absolute atomic E-state index is 0.0310. The molecule has 4 rings (SSSR count). The number of rotatable bonds is 5. The van der Waals surface area contributed by atoms with Crippen molar-refractivity contribution in [3.05, 3.63) is 0 Å². The van der Waals surface area contributed by atoms with Crippen molar-refractivity contribution >= 4 is 5.78 Å². The van der Waals surface area contributed by atoms with Crippen LogP contribution in [0.2, 0.25) is 0 Å². The first kappa shape index (κ1) is 21.8. The van der Waals surface area contributed by atoms with E-state index >= 15 is 0 Å². The Balaban J connectivity index is 1.48. The van der Waals surface area contributed by atoms with Crippen LogP contribution in [0, 0.1) is 52.3 Å². The zero-order valence-corrected chi connectivity index (χ0v) is 19.8. The number of carbonyl (C=O) groups is 1. The highest BCUT2D eigenvalue weighted by atomic mass is 16.3. The number of hydrogen-bond donors (Lipinski definition) is 1. The minimum Gasteiger partial charge on any atom is -0.385 e. The lowest BCUT2D eigenvalue weighted by molar-refractivity contribution is -0.132. The van der Waals surface area contributed by atoms with Crippen molar-refractivity contribution in [2.45, 2.75) is 111 Å². The predicted molar refractivity (Wildman–Crippen MR) is 119 cm³/mol. The molecule has 2 nitrogen and oxygen atoms in total. The fourth-order valence-electron chi connectivity index (χ4n) is 9.22. The Bertz CT molecular complexity index is 612. The smallest absolute Gasteiger partial charge is 0.161 e. The minimum atomic E-state index is -0.778. The van der Waals surface area contributed by atoms with E-state index in [1.54, 1.807) is 0 Å². The second kappa shape index (κ2) is 7.95. The van der Waals surface area contributed by atoms with Crippen LogP contribution in [0.15, 0.2) is 0 Å². The molecule has 0 amide bonds. The fourth-order valence-corrected chi connectivity index (χ4v) is 9.22. The summed E-state index contributed by atoms with van der Waals surface area (Å²) in [6.07, 6.45) is 14.1. The van der Waals surface area contributed by atoms with Crippen LogP contribution in [0.4, 0.5) is 0 Å². The van der Waals surface area contributed by atoms with Gasteiger partial charge in [-0.2, -0.15) is 0 Å². The quantitative estimate of drug-likeness (QED) is 0.559. The van der Waals surface area contributed by atoms with Crippen molar-refractivity contribution in [1.82, 2.24) is 0 Å². The molecule has 0 aromatic rings. The second-order valence-corrected chi connectivity index (χ2v) is 12.5. The van der Waals surface area contributed by atoms with Crippen molar-refractivity contribution in [3.63, 3.8) is 0 Å². The summed E-state index contributed by atoms with van der Waals surface area (Å²) in [5, 5.41) is 10.2. The lowest BCUT2D eigenvalue weighted by Crippen LogP contribution is -2.53. The van der Waals surface area contributed by atoms with E-state index in [9.17, 15) is 9.90 Å². The standard InChI is InChI=1S/C27H46O2/c1-17(2)25(29)24(28)16-18(3)21-11-12-22-20-10-9-19-8-6-7-14-26(19,4)23(20)13-15-27(21,22)5/h17-23,25,29H,6-16H2,1-5H3/t18-,19?,20+,21-,22+,23+,25?,26+,27-/m1/s1. The van der Waals surface area contributed by atoms with Gasteiger partial charge in [0.2, 0.25) is 0 Å². The molecule has 4 fully saturated rings. The largest absolute Gasteiger partial charge is 0.385 e. The molecular formula is C27H46O2. The average Bonchev–Trinajstić information content (AvgIpc) is 3.04. The maximum atomic E-state index is 12.6. The molecule has 166 valence electrons. The molecule has 0 radical (unpaired) electrons. The van der Waals surface area contributed by atoms with E-state index in [1.807, 2.05) is 13.8 Å². The van der Waals surface area contributed by atoms with E-state index in [1.165, 1.54) is 64.2 Å². The Kier molecular flexibility index (Phi) is 5.99. The lowest BCUT2D eigenvalue weighted by atomic mass is 9.44. The Morgan fingerprint density at radius 2 is 1.62 bits per heavy atom. The fraction of sp³-hybridized carbons (Fsp3) is 0.963. The summed E-state index contributed by atoms with van der Waals surface area (Å²) < 4.78 is 0. The number of aliphatic hydroxyl groups excluding tert-OH is 1. The molecule has 2 heteroatoms. The molecule has 2 unspecified atom stereocenters. The number of fused-ring (bicyclic) bond motifs is 5. The summed E-state index contributed by atoms with van der Waals surface area (Å²) in [4.78, 5) is 12.6. The van der Waals surface area contributed by atoms with E-state index in [0.717, 1.165) is 23.7 Å². The van der Waals surface area contributed by atoms with Crippen molar-refractivity contribution in [1.29, 1.82) is 0 Å². The molecule has 9 atom stereocenters. The Hall–Kier alpha value is -0.370. The SMILES string of the molecule is CC(C)C(O)C(=O)C[C@@H](C)[C@H]1CC[C@H]2[C@@H]3CCC4CCCC[C@]4(C)[C@H]3CC[C@]12C. The third-order valence-corrected chi connectivity index (χ3v) is 10.8. The normalized spacial score (nSPS) is 46.5. The molecular weight excluding hydrogens is 356 g/mol. The summed E-state index contributed by atoms with van der Waals surface area (Å²) in [7, 11) is 0. The van der Waals surface area contributed by atoms with Crippen LogP contribution >= 0.6 is 0 Å². The van der Waals surface area contributed by atoms with Crippen LogP contribution in [-0.2, 0) is 4.79 Å². The van der Waals surface area contributed by atoms with Crippen molar-refractivity contribution < 1.29 is 9.90 Å². The van der Waals surface area contributed by atoms with Gasteiger partial charge in [0.25, 0.3) is 0 Å². The molecule has 0 saturated heterocycles. The van der Waals surface area contributed by atoms with E-state index in [2.05, 4.69) is 20.8 Å². The van der Waals surface area contributed by atoms with Gasteiger partial charge >= 0.3 is 0 Å². The summed E-state index contributed by atoms with van der Waals surface area (Å²) in [5.41, 5.74) is 1.03. The molecule has 0 aliphatic heterocycles. The molecule has 0 spiro atoms. The van der Waals surface area contributed by atoms with Gasteiger partial charge in [0, 0.05) is 6.42 Å². The van der Waals surface area contributed by atoms with Crippen LogP contribution in [0.3, 0.4) is 0 Å². The molecule has 4 saturated carbocycles. The molecule has 4 aliphatic carbocycles. The predicted octanol–water partition coefficient (Wildman–Crippen LogP) is 6.65. The summed E-state index contributed by atoms with van der Waals surface area (Å²) in [6, 6.07) is 0. The second-order valence-electron chi connectivity index (χ2n) is 12.5. The number of carbonyl (C=O) groups excluding carboxylic acids is 1. The maximum Gasteiger partial charge on any atom is 0.161 e. The van der Waals surface area contributed by atoms with E-state index < -0.39 is 6.10 Å². The van der Waals surface area contributed by atoms with E-state index in [0.29, 0.717) is 29.1 Å². The van der Waals surface area contributed by atoms with Gasteiger partial charge in [-0.05, 0) is 104 Å². The summed E-state index contributed by atoms with van der Waals surface area (Å²) in [5.74, 6) is 4.93. The summed E-state index contributed by atoms with van der Waals surface area (Å²) >= 11 is 0. The third-order valence-electron chi connectivity index (χ3n) is 10.8. The van der Waals surface area contributed by atoms with Crippen molar-refractivity contribution in [2.24, 2.45) is 52.3 Å². The topological polar surface area (TPSA) is 37.3 Å². The van der Waals surface area contributed by atoms with Crippen LogP contribution in [-0.4, -0.2) is 17.0 Å². The molecule has 0 aromatic carbocycles. The van der Waals surface area contributed by atoms with E-state index in [-0.39, 0.29) is 11.7 Å². The van der Waals surface area contributed by atoms with Gasteiger partial charge in [0.15, 0.2) is 5.78 Å². The number of ketones is 1. The Labute approximate surface area is 179 Å². The molecule has 0 bridgehead atoms. The molecule has 0 aromatic heterocycles. The zero-order chi connectivity index (χ0) is 21.0. The summed E-state index contributed by atoms with van der Waals surface area (Å²) in [6.45, 7) is 11.4. The molecule has 0 heterocycles. The molecule has 4 aliphatic rings. The third kappa shape index (κ3) is 3.54. The number of hydrogen-bond acceptors (Lipinski definition) is 2. The van der Waals surface area contributed by atoms with Gasteiger partial charge < -0.3 is 5.11 Å². The average molecular weight is 403 g/mol. The lowest BCUT2D eigenvalue weighted by Gasteiger charge is -2.61. The highest BCUT2D eigenvalue weighted by molar-refractivity contribution is 5.83. The van der Waals surface area contributed by atoms with Crippen LogP contribution in [0.1, 0.15) is 105 Å². The number of aliphatic hydroxyl groups is 1. The first-order chi connectivity index (χ1) is 13.7. The Morgan fingerprint density at radius 3 is 2.34 bits per heavy atom. The van der Waals surface area contributed by atoms with Gasteiger partial charge in [0.05, 0.1) is 0 Å². The van der Waals surface area contributed by atoms with Gasteiger partial charge in [-0.3, -0.25) is 4.79 Å². The van der Waals surface area contributed by atoms with Gasteiger partial charge in [-0.25, -0.2) is 0 Å². The number of Topliss-reactive ketones (excluding diaryl/α,β-unsaturated/α-hetero) is 1. The highest BCUT2D eigenvalue weighted by Gasteiger charge is 2.60. The molecule has 29 heavy (non-hydrogen) atoms. The van der Waals surface area contributed by atoms with Gasteiger partial charge in [-0.1, -0.05) is 47.5 Å². The van der Waals surface area contributed by atoms with Crippen LogP contribution < -0.4 is 0 Å². The van der Waals surface area contributed by atoms with Gasteiger partial charge in [0.1, 0.15) is 6.10 Å². The maximum absolute atomic E-state index is 12.6. The monoisotopic (exact) mass is 402 g/mol. The van der Waals surface area contributed by atoms with Gasteiger partial charge in [-0.15, -0.1) is 0 Å². The Morgan fingerprint density at radius 1 is 0.897 bits per heavy atom.